The van der Waals surface area contributed by atoms with E-state index in [4.69, 9.17) is 11.6 Å². The van der Waals surface area contributed by atoms with Crippen molar-refractivity contribution in [1.29, 1.82) is 0 Å². The Kier molecular flexibility index (Phi) is 3.24. The largest absolute Gasteiger partial charge is 0.291 e. The van der Waals surface area contributed by atoms with Crippen LogP contribution in [0.1, 0.15) is 5.82 Å². The first-order valence-electron chi connectivity index (χ1n) is 5.53. The summed E-state index contributed by atoms with van der Waals surface area (Å²) >= 11 is 9.26. The molecule has 0 bridgehead atoms. The lowest BCUT2D eigenvalue weighted by Gasteiger charge is -2.08. The minimum Gasteiger partial charge on any atom is -0.291 e. The molecule has 0 atom stereocenters. The summed E-state index contributed by atoms with van der Waals surface area (Å²) in [5.74, 6) is 0.448. The van der Waals surface area contributed by atoms with Crippen LogP contribution in [-0.4, -0.2) is 14.5 Å². The zero-order valence-electron chi connectivity index (χ0n) is 9.65. The second-order valence-corrected chi connectivity index (χ2v) is 5.15. The van der Waals surface area contributed by atoms with Crippen molar-refractivity contribution < 1.29 is 4.39 Å². The van der Waals surface area contributed by atoms with Crippen LogP contribution >= 0.6 is 27.5 Å². The van der Waals surface area contributed by atoms with Crippen LogP contribution in [0.5, 0.6) is 0 Å². The first kappa shape index (κ1) is 12.6. The summed E-state index contributed by atoms with van der Waals surface area (Å²) in [4.78, 5) is 8.44. The van der Waals surface area contributed by atoms with Gasteiger partial charge in [0.05, 0.1) is 23.3 Å². The first-order valence-corrected chi connectivity index (χ1v) is 6.86. The molecule has 0 N–H and O–H groups in total. The predicted octanol–water partition coefficient (Wildman–Crippen LogP) is 4.06. The Balaban J connectivity index is 2.38. The summed E-state index contributed by atoms with van der Waals surface area (Å²) in [6, 6.07) is 6.64. The fourth-order valence-electron chi connectivity index (χ4n) is 2.02. The Morgan fingerprint density at radius 2 is 2.16 bits per heavy atom. The molecule has 0 radical (unpaired) electrons. The third-order valence-corrected chi connectivity index (χ3v) is 3.44. The summed E-state index contributed by atoms with van der Waals surface area (Å²) < 4.78 is 16.5. The molecule has 2 aromatic heterocycles. The van der Waals surface area contributed by atoms with Crippen molar-refractivity contribution >= 4 is 38.6 Å². The molecule has 3 nitrogen and oxygen atoms in total. The van der Waals surface area contributed by atoms with Crippen molar-refractivity contribution in [3.05, 3.63) is 52.8 Å². The van der Waals surface area contributed by atoms with E-state index in [1.165, 1.54) is 6.07 Å². The molecule has 0 saturated carbocycles. The van der Waals surface area contributed by atoms with Crippen LogP contribution in [0.15, 0.2) is 41.1 Å². The van der Waals surface area contributed by atoms with Crippen molar-refractivity contribution in [1.82, 2.24) is 14.5 Å². The van der Waals surface area contributed by atoms with E-state index in [0.717, 1.165) is 10.2 Å². The van der Waals surface area contributed by atoms with E-state index < -0.39 is 0 Å². The molecule has 2 heterocycles. The van der Waals surface area contributed by atoms with Crippen LogP contribution in [0.2, 0.25) is 0 Å². The molecule has 0 amide bonds. The lowest BCUT2D eigenvalue weighted by molar-refractivity contribution is 0.634. The average Bonchev–Trinajstić information content (AvgIpc) is 2.78. The van der Waals surface area contributed by atoms with Gasteiger partial charge in [-0.25, -0.2) is 9.37 Å². The highest BCUT2D eigenvalue weighted by molar-refractivity contribution is 9.10. The Bertz CT molecular complexity index is 757. The minimum atomic E-state index is -0.332. The first-order chi connectivity index (χ1) is 9.20. The second-order valence-electron chi connectivity index (χ2n) is 3.97. The van der Waals surface area contributed by atoms with E-state index in [0.29, 0.717) is 16.9 Å². The third kappa shape index (κ3) is 2.13. The molecule has 0 aliphatic rings. The second kappa shape index (κ2) is 4.90. The van der Waals surface area contributed by atoms with Gasteiger partial charge in [-0.3, -0.25) is 9.55 Å². The fraction of sp³-hybridized carbons (Fsp3) is 0.0769. The van der Waals surface area contributed by atoms with Gasteiger partial charge in [0.25, 0.3) is 0 Å². The van der Waals surface area contributed by atoms with Crippen molar-refractivity contribution in [3.63, 3.8) is 0 Å². The number of benzene rings is 1. The number of hydrogen-bond acceptors (Lipinski definition) is 2. The van der Waals surface area contributed by atoms with E-state index in [1.54, 1.807) is 29.1 Å². The van der Waals surface area contributed by atoms with Gasteiger partial charge in [0.2, 0.25) is 0 Å². The van der Waals surface area contributed by atoms with Crippen molar-refractivity contribution in [2.45, 2.75) is 5.88 Å². The SMILES string of the molecule is Fc1cccc2nc(CCl)n(-c3cncc(Br)c3)c12. The smallest absolute Gasteiger partial charge is 0.149 e. The molecule has 0 saturated heterocycles. The van der Waals surface area contributed by atoms with Gasteiger partial charge < -0.3 is 0 Å². The summed E-state index contributed by atoms with van der Waals surface area (Å²) in [6.45, 7) is 0. The highest BCUT2D eigenvalue weighted by atomic mass is 79.9. The number of hydrogen-bond donors (Lipinski definition) is 0. The average molecular weight is 341 g/mol. The molecule has 19 heavy (non-hydrogen) atoms. The topological polar surface area (TPSA) is 30.7 Å². The molecule has 3 rings (SSSR count). The number of halogens is 3. The number of pyridine rings is 1. The molecule has 0 aliphatic heterocycles. The molecule has 6 heteroatoms. The predicted molar refractivity (Wildman–Crippen MR) is 76.1 cm³/mol. The van der Waals surface area contributed by atoms with Crippen LogP contribution in [0.25, 0.3) is 16.7 Å². The van der Waals surface area contributed by atoms with Crippen molar-refractivity contribution in [2.75, 3.05) is 0 Å². The molecule has 0 spiro atoms. The van der Waals surface area contributed by atoms with Gasteiger partial charge in [0.15, 0.2) is 0 Å². The van der Waals surface area contributed by atoms with Crippen LogP contribution in [0.4, 0.5) is 4.39 Å². The molecule has 0 unspecified atom stereocenters. The van der Waals surface area contributed by atoms with Gasteiger partial charge >= 0.3 is 0 Å². The maximum atomic E-state index is 14.0. The number of aromatic nitrogens is 3. The zero-order valence-corrected chi connectivity index (χ0v) is 12.0. The van der Waals surface area contributed by atoms with Gasteiger partial charge in [-0.2, -0.15) is 0 Å². The van der Waals surface area contributed by atoms with Gasteiger partial charge in [0.1, 0.15) is 17.2 Å². The summed E-state index contributed by atoms with van der Waals surface area (Å²) in [6.07, 6.45) is 3.31. The van der Waals surface area contributed by atoms with E-state index in [9.17, 15) is 4.39 Å². The van der Waals surface area contributed by atoms with E-state index in [1.807, 2.05) is 6.07 Å². The molecule has 1 aromatic carbocycles. The van der Waals surface area contributed by atoms with Gasteiger partial charge in [-0.15, -0.1) is 11.6 Å². The van der Waals surface area contributed by atoms with Crippen molar-refractivity contribution in [3.8, 4) is 5.69 Å². The van der Waals surface area contributed by atoms with E-state index in [2.05, 4.69) is 25.9 Å². The quantitative estimate of drug-likeness (QED) is 0.659. The maximum Gasteiger partial charge on any atom is 0.149 e. The van der Waals surface area contributed by atoms with Crippen LogP contribution in [0.3, 0.4) is 0 Å². The molecule has 96 valence electrons. The maximum absolute atomic E-state index is 14.0. The van der Waals surface area contributed by atoms with Gasteiger partial charge in [-0.1, -0.05) is 6.07 Å². The van der Waals surface area contributed by atoms with Crippen LogP contribution in [-0.2, 0) is 5.88 Å². The monoisotopic (exact) mass is 339 g/mol. The Hall–Kier alpha value is -1.46. The Morgan fingerprint density at radius 1 is 1.32 bits per heavy atom. The number of imidazole rings is 1. The third-order valence-electron chi connectivity index (χ3n) is 2.76. The number of rotatable bonds is 2. The molecular weight excluding hydrogens is 333 g/mol. The number of alkyl halides is 1. The number of fused-ring (bicyclic) bond motifs is 1. The lowest BCUT2D eigenvalue weighted by Crippen LogP contribution is -2.01. The molecule has 0 fully saturated rings. The van der Waals surface area contributed by atoms with Crippen molar-refractivity contribution in [2.24, 2.45) is 0 Å². The van der Waals surface area contributed by atoms with E-state index in [-0.39, 0.29) is 11.7 Å². The minimum absolute atomic E-state index is 0.195. The lowest BCUT2D eigenvalue weighted by atomic mass is 10.3. The highest BCUT2D eigenvalue weighted by Crippen LogP contribution is 2.25. The standard InChI is InChI=1S/C13H8BrClFN3/c14-8-4-9(7-17-6-8)19-12(5-15)18-11-3-1-2-10(16)13(11)19/h1-4,6-7H,5H2. The summed E-state index contributed by atoms with van der Waals surface area (Å²) in [5, 5.41) is 0. The highest BCUT2D eigenvalue weighted by Gasteiger charge is 2.15. The summed E-state index contributed by atoms with van der Waals surface area (Å²) in [5.41, 5.74) is 1.71. The summed E-state index contributed by atoms with van der Waals surface area (Å²) in [7, 11) is 0. The molecular formula is C13H8BrClFN3. The fourth-order valence-corrected chi connectivity index (χ4v) is 2.56. The Morgan fingerprint density at radius 3 is 2.89 bits per heavy atom. The zero-order chi connectivity index (χ0) is 13.4. The van der Waals surface area contributed by atoms with Gasteiger partial charge in [-0.05, 0) is 34.1 Å². The normalized spacial score (nSPS) is 11.1. The molecule has 3 aromatic rings. The van der Waals surface area contributed by atoms with Crippen LogP contribution in [0, 0.1) is 5.82 Å². The number of para-hydroxylation sites is 1. The number of nitrogens with zero attached hydrogens (tertiary/aromatic N) is 3. The van der Waals surface area contributed by atoms with Crippen LogP contribution < -0.4 is 0 Å². The molecule has 0 aliphatic carbocycles. The van der Waals surface area contributed by atoms with Gasteiger partial charge in [0, 0.05) is 10.7 Å². The Labute approximate surface area is 122 Å². The van der Waals surface area contributed by atoms with E-state index >= 15 is 0 Å².